The van der Waals surface area contributed by atoms with Crippen molar-refractivity contribution in [3.63, 3.8) is 0 Å². The molecule has 9 heteroatoms. The molecule has 2 N–H and O–H groups in total. The second-order valence-electron chi connectivity index (χ2n) is 8.40. The third kappa shape index (κ3) is 4.99. The number of hydrogen-bond donors (Lipinski definition) is 2. The number of carbonyl (C=O) groups excluding carboxylic acids is 2. The molecule has 0 unspecified atom stereocenters. The molecule has 1 aromatic heterocycles. The Bertz CT molecular complexity index is 1210. The minimum atomic E-state index is -0.219. The van der Waals surface area contributed by atoms with E-state index >= 15 is 0 Å². The van der Waals surface area contributed by atoms with Crippen LogP contribution in [0.25, 0.3) is 10.9 Å². The number of nitrogens with one attached hydrogen (secondary N) is 2. The van der Waals surface area contributed by atoms with Crippen LogP contribution in [0.15, 0.2) is 36.4 Å². The van der Waals surface area contributed by atoms with Crippen LogP contribution in [0.2, 0.25) is 0 Å². The maximum atomic E-state index is 13.0. The number of nitrogens with zero attached hydrogens (tertiary/aromatic N) is 1. The van der Waals surface area contributed by atoms with E-state index in [4.69, 9.17) is 18.9 Å². The molecule has 1 aliphatic rings. The van der Waals surface area contributed by atoms with E-state index in [-0.39, 0.29) is 17.9 Å². The fourth-order valence-electron chi connectivity index (χ4n) is 4.52. The summed E-state index contributed by atoms with van der Waals surface area (Å²) < 4.78 is 21.7. The van der Waals surface area contributed by atoms with Crippen LogP contribution in [-0.2, 0) is 11.2 Å². The normalized spacial score (nSPS) is 14.0. The Morgan fingerprint density at radius 3 is 2.29 bits per heavy atom. The Hall–Kier alpha value is -3.88. The van der Waals surface area contributed by atoms with Gasteiger partial charge in [0.15, 0.2) is 11.5 Å². The molecule has 4 rings (SSSR count). The van der Waals surface area contributed by atoms with Gasteiger partial charge in [0.25, 0.3) is 5.91 Å². The molecule has 3 aromatic rings. The van der Waals surface area contributed by atoms with Gasteiger partial charge >= 0.3 is 0 Å². The van der Waals surface area contributed by atoms with Crippen molar-refractivity contribution in [1.82, 2.24) is 15.2 Å². The average Bonchev–Trinajstić information content (AvgIpc) is 3.34. The molecule has 0 saturated carbocycles. The summed E-state index contributed by atoms with van der Waals surface area (Å²) in [6, 6.07) is 11.0. The van der Waals surface area contributed by atoms with Crippen LogP contribution in [-0.4, -0.2) is 69.3 Å². The zero-order chi connectivity index (χ0) is 24.9. The smallest absolute Gasteiger partial charge is 0.267 e. The van der Waals surface area contributed by atoms with Crippen molar-refractivity contribution in [1.29, 1.82) is 0 Å². The summed E-state index contributed by atoms with van der Waals surface area (Å²) in [6.45, 7) is 1.18. The lowest BCUT2D eigenvalue weighted by Crippen LogP contribution is -2.47. The summed E-state index contributed by atoms with van der Waals surface area (Å²) >= 11 is 0. The van der Waals surface area contributed by atoms with E-state index < -0.39 is 0 Å². The van der Waals surface area contributed by atoms with E-state index in [0.29, 0.717) is 66.6 Å². The first-order valence-electron chi connectivity index (χ1n) is 11.5. The van der Waals surface area contributed by atoms with Gasteiger partial charge in [-0.05, 0) is 25.0 Å². The molecule has 0 spiro atoms. The molecule has 1 fully saturated rings. The number of aromatic nitrogens is 1. The van der Waals surface area contributed by atoms with Gasteiger partial charge in [-0.3, -0.25) is 9.59 Å². The number of amides is 2. The summed E-state index contributed by atoms with van der Waals surface area (Å²) in [5.41, 5.74) is 1.90. The molecule has 0 bridgehead atoms. The highest BCUT2D eigenvalue weighted by Gasteiger charge is 2.26. The number of fused-ring (bicyclic) bond motifs is 1. The van der Waals surface area contributed by atoms with Crippen molar-refractivity contribution in [2.45, 2.75) is 25.3 Å². The van der Waals surface area contributed by atoms with Crippen LogP contribution in [0.1, 0.15) is 28.9 Å². The van der Waals surface area contributed by atoms with Crippen molar-refractivity contribution >= 4 is 22.7 Å². The van der Waals surface area contributed by atoms with Crippen LogP contribution in [0, 0.1) is 0 Å². The van der Waals surface area contributed by atoms with Gasteiger partial charge in [0.05, 0.1) is 40.4 Å². The highest BCUT2D eigenvalue weighted by atomic mass is 16.5. The molecule has 2 heterocycles. The second kappa shape index (κ2) is 10.6. The number of hydrogen-bond acceptors (Lipinski definition) is 6. The van der Waals surface area contributed by atoms with E-state index in [2.05, 4.69) is 10.3 Å². The number of carbonyl (C=O) groups is 2. The van der Waals surface area contributed by atoms with Crippen molar-refractivity contribution < 1.29 is 28.5 Å². The molecule has 0 aliphatic carbocycles. The third-order valence-corrected chi connectivity index (χ3v) is 6.40. The maximum absolute atomic E-state index is 13.0. The highest BCUT2D eigenvalue weighted by molar-refractivity contribution is 6.02. The number of piperidine rings is 1. The fraction of sp³-hybridized carbons (Fsp3) is 0.385. The topological polar surface area (TPSA) is 102 Å². The molecule has 0 atom stereocenters. The van der Waals surface area contributed by atoms with E-state index in [0.717, 1.165) is 10.9 Å². The number of H-pyrrole nitrogens is 1. The quantitative estimate of drug-likeness (QED) is 0.513. The molecule has 35 heavy (non-hydrogen) atoms. The summed E-state index contributed by atoms with van der Waals surface area (Å²) in [4.78, 5) is 30.8. The van der Waals surface area contributed by atoms with E-state index in [1.54, 1.807) is 40.6 Å². The number of methoxy groups -OCH3 is 4. The Labute approximate surface area is 204 Å². The van der Waals surface area contributed by atoms with Gasteiger partial charge in [-0.2, -0.15) is 0 Å². The largest absolute Gasteiger partial charge is 0.496 e. The number of benzene rings is 2. The van der Waals surface area contributed by atoms with E-state index in [9.17, 15) is 9.59 Å². The van der Waals surface area contributed by atoms with Crippen molar-refractivity contribution in [3.05, 3.63) is 47.7 Å². The molecular formula is C26H31N3O6. The zero-order valence-electron chi connectivity index (χ0n) is 20.5. The Kier molecular flexibility index (Phi) is 7.33. The highest BCUT2D eigenvalue weighted by Crippen LogP contribution is 2.41. The predicted molar refractivity (Wildman–Crippen MR) is 132 cm³/mol. The van der Waals surface area contributed by atoms with Crippen LogP contribution in [0.3, 0.4) is 0 Å². The summed E-state index contributed by atoms with van der Waals surface area (Å²) in [5.74, 6) is 2.15. The Morgan fingerprint density at radius 2 is 1.63 bits per heavy atom. The Morgan fingerprint density at radius 1 is 0.943 bits per heavy atom. The van der Waals surface area contributed by atoms with Gasteiger partial charge in [0, 0.05) is 36.1 Å². The average molecular weight is 482 g/mol. The van der Waals surface area contributed by atoms with Crippen LogP contribution >= 0.6 is 0 Å². The van der Waals surface area contributed by atoms with Gasteiger partial charge in [-0.15, -0.1) is 0 Å². The van der Waals surface area contributed by atoms with Gasteiger partial charge < -0.3 is 34.1 Å². The summed E-state index contributed by atoms with van der Waals surface area (Å²) in [5, 5.41) is 3.81. The van der Waals surface area contributed by atoms with Crippen LogP contribution in [0.5, 0.6) is 23.0 Å². The van der Waals surface area contributed by atoms with Gasteiger partial charge in [0.1, 0.15) is 17.2 Å². The van der Waals surface area contributed by atoms with Gasteiger partial charge in [-0.25, -0.2) is 0 Å². The van der Waals surface area contributed by atoms with Crippen molar-refractivity contribution in [2.24, 2.45) is 0 Å². The standard InChI is InChI=1S/C26H31N3O6/c1-32-20-8-6-5-7-16(20)13-23(30)29-11-9-17(10-12-29)27-26(31)19-14-18-21(33-2)15-22(34-3)25(35-4)24(18)28-19/h5-8,14-15,17,28H,9-13H2,1-4H3,(H,27,31). The minimum absolute atomic E-state index is 0.0254. The number of ether oxygens (including phenoxy) is 4. The van der Waals surface area contributed by atoms with Crippen LogP contribution in [0.4, 0.5) is 0 Å². The second-order valence-corrected chi connectivity index (χ2v) is 8.40. The van der Waals surface area contributed by atoms with Crippen molar-refractivity contribution in [2.75, 3.05) is 41.5 Å². The molecule has 1 saturated heterocycles. The maximum Gasteiger partial charge on any atom is 0.267 e. The lowest BCUT2D eigenvalue weighted by molar-refractivity contribution is -0.131. The molecule has 186 valence electrons. The predicted octanol–water partition coefficient (Wildman–Crippen LogP) is 3.17. The molecule has 2 amide bonds. The monoisotopic (exact) mass is 481 g/mol. The third-order valence-electron chi connectivity index (χ3n) is 6.40. The number of aromatic amines is 1. The molecular weight excluding hydrogens is 450 g/mol. The van der Waals surface area contributed by atoms with E-state index in [1.165, 1.54) is 0 Å². The lowest BCUT2D eigenvalue weighted by atomic mass is 10.0. The molecule has 9 nitrogen and oxygen atoms in total. The Balaban J connectivity index is 1.39. The molecule has 0 radical (unpaired) electrons. The van der Waals surface area contributed by atoms with Crippen LogP contribution < -0.4 is 24.3 Å². The summed E-state index contributed by atoms with van der Waals surface area (Å²) in [6.07, 6.45) is 1.66. The van der Waals surface area contributed by atoms with E-state index in [1.807, 2.05) is 29.2 Å². The first-order chi connectivity index (χ1) is 17.0. The first-order valence-corrected chi connectivity index (χ1v) is 11.5. The SMILES string of the molecule is COc1ccccc1CC(=O)N1CCC(NC(=O)c2cc3c(OC)cc(OC)c(OC)c3[nH]2)CC1. The molecule has 1 aliphatic heterocycles. The van der Waals surface area contributed by atoms with Crippen molar-refractivity contribution in [3.8, 4) is 23.0 Å². The first kappa shape index (κ1) is 24.3. The summed E-state index contributed by atoms with van der Waals surface area (Å²) in [7, 11) is 6.27. The number of likely N-dealkylation sites (tertiary alicyclic amines) is 1. The molecule has 2 aromatic carbocycles. The number of rotatable bonds is 8. The fourth-order valence-corrected chi connectivity index (χ4v) is 4.52. The van der Waals surface area contributed by atoms with Gasteiger partial charge in [0.2, 0.25) is 5.91 Å². The minimum Gasteiger partial charge on any atom is -0.496 e. The zero-order valence-corrected chi connectivity index (χ0v) is 20.5. The van der Waals surface area contributed by atoms with Gasteiger partial charge in [-0.1, -0.05) is 18.2 Å². The number of para-hydroxylation sites is 1. The lowest BCUT2D eigenvalue weighted by Gasteiger charge is -2.32.